The van der Waals surface area contributed by atoms with Crippen molar-refractivity contribution in [2.45, 2.75) is 44.7 Å². The predicted molar refractivity (Wildman–Crippen MR) is 142 cm³/mol. The van der Waals surface area contributed by atoms with Crippen LogP contribution in [0, 0.1) is 12.7 Å². The van der Waals surface area contributed by atoms with Gasteiger partial charge in [-0.3, -0.25) is 13.9 Å². The summed E-state index contributed by atoms with van der Waals surface area (Å²) < 4.78 is 41.9. The molecule has 0 aromatic heterocycles. The Kier molecular flexibility index (Phi) is 9.41. The molecule has 0 bridgehead atoms. The minimum absolute atomic E-state index is 0.00616. The van der Waals surface area contributed by atoms with Gasteiger partial charge < -0.3 is 10.2 Å². The highest BCUT2D eigenvalue weighted by Gasteiger charge is 2.33. The SMILES string of the molecule is CCNC(=O)C(CC)N(Cc1ccccc1C)C(=O)CN(c1ccc(F)cc1)S(=O)(=O)c1ccccc1. The Morgan fingerprint density at radius 2 is 1.54 bits per heavy atom. The number of amides is 2. The van der Waals surface area contributed by atoms with Gasteiger partial charge in [-0.1, -0.05) is 49.4 Å². The fraction of sp³-hybridized carbons (Fsp3) is 0.286. The van der Waals surface area contributed by atoms with Gasteiger partial charge in [0.1, 0.15) is 18.4 Å². The van der Waals surface area contributed by atoms with E-state index in [1.807, 2.05) is 31.2 Å². The summed E-state index contributed by atoms with van der Waals surface area (Å²) in [7, 11) is -4.18. The minimum atomic E-state index is -4.18. The van der Waals surface area contributed by atoms with E-state index in [0.29, 0.717) is 13.0 Å². The number of sulfonamides is 1. The monoisotopic (exact) mass is 525 g/mol. The summed E-state index contributed by atoms with van der Waals surface area (Å²) >= 11 is 0. The van der Waals surface area contributed by atoms with Crippen LogP contribution in [0.5, 0.6) is 0 Å². The Balaban J connectivity index is 2.05. The van der Waals surface area contributed by atoms with Gasteiger partial charge in [0.05, 0.1) is 10.6 Å². The number of halogens is 1. The summed E-state index contributed by atoms with van der Waals surface area (Å²) in [5.74, 6) is -1.40. The Bertz CT molecular complexity index is 1310. The first-order valence-electron chi connectivity index (χ1n) is 12.1. The molecule has 3 rings (SSSR count). The van der Waals surface area contributed by atoms with Crippen LogP contribution >= 0.6 is 0 Å². The van der Waals surface area contributed by atoms with Crippen molar-refractivity contribution in [3.63, 3.8) is 0 Å². The molecule has 0 aliphatic carbocycles. The highest BCUT2D eigenvalue weighted by Crippen LogP contribution is 2.25. The van der Waals surface area contributed by atoms with Crippen molar-refractivity contribution in [2.24, 2.45) is 0 Å². The van der Waals surface area contributed by atoms with Gasteiger partial charge in [0.15, 0.2) is 0 Å². The Hall–Kier alpha value is -3.72. The second-order valence-electron chi connectivity index (χ2n) is 8.57. The van der Waals surface area contributed by atoms with Crippen molar-refractivity contribution >= 4 is 27.5 Å². The average molecular weight is 526 g/mol. The molecule has 7 nitrogen and oxygen atoms in total. The first-order chi connectivity index (χ1) is 17.7. The van der Waals surface area contributed by atoms with Crippen LogP contribution in [0.2, 0.25) is 0 Å². The number of hydrogen-bond donors (Lipinski definition) is 1. The standard InChI is InChI=1S/C28H32FN3O4S/c1-4-26(28(34)30-5-2)31(19-22-12-10-9-11-21(22)3)27(33)20-32(24-17-15-23(29)16-18-24)37(35,36)25-13-7-6-8-14-25/h6-18,26H,4-5,19-20H2,1-3H3,(H,30,34). The molecule has 1 unspecified atom stereocenters. The van der Waals surface area contributed by atoms with Gasteiger partial charge in [-0.05, 0) is 67.8 Å². The zero-order chi connectivity index (χ0) is 27.0. The lowest BCUT2D eigenvalue weighted by Gasteiger charge is -2.33. The Labute approximate surface area is 218 Å². The maximum Gasteiger partial charge on any atom is 0.264 e. The number of hydrogen-bond acceptors (Lipinski definition) is 4. The van der Waals surface area contributed by atoms with E-state index in [2.05, 4.69) is 5.32 Å². The molecule has 3 aromatic rings. The molecule has 1 atom stereocenters. The molecule has 2 amide bonds. The largest absolute Gasteiger partial charge is 0.355 e. The van der Waals surface area contributed by atoms with Crippen molar-refractivity contribution < 1.29 is 22.4 Å². The van der Waals surface area contributed by atoms with E-state index < -0.39 is 34.3 Å². The van der Waals surface area contributed by atoms with Crippen LogP contribution in [0.25, 0.3) is 0 Å². The lowest BCUT2D eigenvalue weighted by molar-refractivity contribution is -0.140. The lowest BCUT2D eigenvalue weighted by Crippen LogP contribution is -2.52. The number of benzene rings is 3. The molecular formula is C28H32FN3O4S. The fourth-order valence-corrected chi connectivity index (χ4v) is 5.47. The smallest absolute Gasteiger partial charge is 0.264 e. The quantitative estimate of drug-likeness (QED) is 0.405. The van der Waals surface area contributed by atoms with E-state index in [-0.39, 0.29) is 23.0 Å². The van der Waals surface area contributed by atoms with E-state index in [9.17, 15) is 22.4 Å². The number of likely N-dealkylation sites (N-methyl/N-ethyl adjacent to an activating group) is 1. The number of aryl methyl sites for hydroxylation is 1. The van der Waals surface area contributed by atoms with Gasteiger partial charge in [-0.25, -0.2) is 12.8 Å². The average Bonchev–Trinajstić information content (AvgIpc) is 2.89. The van der Waals surface area contributed by atoms with Gasteiger partial charge in [-0.2, -0.15) is 0 Å². The summed E-state index contributed by atoms with van der Waals surface area (Å²) in [6, 6.07) is 19.4. The molecule has 0 spiro atoms. The first-order valence-corrected chi connectivity index (χ1v) is 13.6. The molecule has 37 heavy (non-hydrogen) atoms. The van der Waals surface area contributed by atoms with E-state index in [0.717, 1.165) is 27.6 Å². The number of rotatable bonds is 11. The molecule has 0 saturated heterocycles. The molecule has 0 radical (unpaired) electrons. The second kappa shape index (κ2) is 12.5. The Morgan fingerprint density at radius 1 is 0.919 bits per heavy atom. The molecule has 0 aliphatic rings. The van der Waals surface area contributed by atoms with Crippen LogP contribution < -0.4 is 9.62 Å². The summed E-state index contributed by atoms with van der Waals surface area (Å²) in [6.07, 6.45) is 0.339. The summed E-state index contributed by atoms with van der Waals surface area (Å²) in [5, 5.41) is 2.77. The van der Waals surface area contributed by atoms with Crippen LogP contribution in [0.1, 0.15) is 31.4 Å². The van der Waals surface area contributed by atoms with Crippen LogP contribution in [-0.2, 0) is 26.2 Å². The molecule has 9 heteroatoms. The number of nitrogens with zero attached hydrogens (tertiary/aromatic N) is 2. The zero-order valence-electron chi connectivity index (χ0n) is 21.2. The molecular weight excluding hydrogens is 493 g/mol. The summed E-state index contributed by atoms with van der Waals surface area (Å²) in [5.41, 5.74) is 1.93. The summed E-state index contributed by atoms with van der Waals surface area (Å²) in [6.45, 7) is 5.47. The van der Waals surface area contributed by atoms with E-state index >= 15 is 0 Å². The lowest BCUT2D eigenvalue weighted by atomic mass is 10.1. The van der Waals surface area contributed by atoms with E-state index in [1.54, 1.807) is 32.0 Å². The molecule has 0 heterocycles. The third kappa shape index (κ3) is 6.74. The minimum Gasteiger partial charge on any atom is -0.355 e. The topological polar surface area (TPSA) is 86.8 Å². The van der Waals surface area contributed by atoms with Crippen molar-refractivity contribution in [1.29, 1.82) is 0 Å². The van der Waals surface area contributed by atoms with E-state index in [4.69, 9.17) is 0 Å². The fourth-order valence-electron chi connectivity index (χ4n) is 4.04. The van der Waals surface area contributed by atoms with Crippen molar-refractivity contribution in [1.82, 2.24) is 10.2 Å². The van der Waals surface area contributed by atoms with Crippen LogP contribution in [0.3, 0.4) is 0 Å². The molecule has 3 aromatic carbocycles. The predicted octanol–water partition coefficient (Wildman–Crippen LogP) is 4.27. The van der Waals surface area contributed by atoms with Crippen LogP contribution in [-0.4, -0.2) is 44.3 Å². The van der Waals surface area contributed by atoms with Crippen LogP contribution in [0.4, 0.5) is 10.1 Å². The van der Waals surface area contributed by atoms with Gasteiger partial charge in [-0.15, -0.1) is 0 Å². The zero-order valence-corrected chi connectivity index (χ0v) is 22.0. The third-order valence-corrected chi connectivity index (χ3v) is 7.85. The number of carbonyl (C=O) groups excluding carboxylic acids is 2. The highest BCUT2D eigenvalue weighted by atomic mass is 32.2. The normalized spacial score (nSPS) is 12.0. The van der Waals surface area contributed by atoms with Gasteiger partial charge in [0.2, 0.25) is 11.8 Å². The number of nitrogens with one attached hydrogen (secondary N) is 1. The maximum atomic E-state index is 13.9. The molecule has 0 saturated carbocycles. The van der Waals surface area contributed by atoms with Crippen LogP contribution in [0.15, 0.2) is 83.8 Å². The van der Waals surface area contributed by atoms with Gasteiger partial charge in [0.25, 0.3) is 10.0 Å². The van der Waals surface area contributed by atoms with Crippen molar-refractivity contribution in [3.8, 4) is 0 Å². The molecule has 0 aliphatic heterocycles. The first kappa shape index (κ1) is 27.9. The van der Waals surface area contributed by atoms with Gasteiger partial charge in [0, 0.05) is 13.1 Å². The molecule has 1 N–H and O–H groups in total. The third-order valence-electron chi connectivity index (χ3n) is 6.06. The van der Waals surface area contributed by atoms with E-state index in [1.165, 1.54) is 29.2 Å². The maximum absolute atomic E-state index is 13.9. The summed E-state index contributed by atoms with van der Waals surface area (Å²) in [4.78, 5) is 28.2. The molecule has 196 valence electrons. The number of carbonyl (C=O) groups is 2. The Morgan fingerprint density at radius 3 is 2.14 bits per heavy atom. The van der Waals surface area contributed by atoms with Crippen molar-refractivity contribution in [3.05, 3.63) is 95.8 Å². The number of anilines is 1. The highest BCUT2D eigenvalue weighted by molar-refractivity contribution is 7.92. The van der Waals surface area contributed by atoms with Gasteiger partial charge >= 0.3 is 0 Å². The van der Waals surface area contributed by atoms with Crippen molar-refractivity contribution in [2.75, 3.05) is 17.4 Å². The molecule has 0 fully saturated rings. The second-order valence-corrected chi connectivity index (χ2v) is 10.4.